The zero-order chi connectivity index (χ0) is 13.8. The van der Waals surface area contributed by atoms with Gasteiger partial charge >= 0.3 is 0 Å². The number of benzene rings is 1. The molecule has 0 unspecified atom stereocenters. The van der Waals surface area contributed by atoms with Gasteiger partial charge in [-0.3, -0.25) is 4.79 Å². The highest BCUT2D eigenvalue weighted by molar-refractivity contribution is 5.81. The second kappa shape index (κ2) is 5.89. The van der Waals surface area contributed by atoms with E-state index >= 15 is 0 Å². The van der Waals surface area contributed by atoms with Gasteiger partial charge in [-0.25, -0.2) is 0 Å². The van der Waals surface area contributed by atoms with Crippen molar-refractivity contribution >= 4 is 5.91 Å². The fourth-order valence-corrected chi connectivity index (χ4v) is 1.61. The van der Waals surface area contributed by atoms with E-state index in [2.05, 4.69) is 5.32 Å². The molecule has 3 heteroatoms. The summed E-state index contributed by atoms with van der Waals surface area (Å²) in [5.41, 5.74) is 0.805. The van der Waals surface area contributed by atoms with E-state index < -0.39 is 6.10 Å². The van der Waals surface area contributed by atoms with E-state index in [0.717, 1.165) is 11.3 Å². The van der Waals surface area contributed by atoms with Crippen molar-refractivity contribution in [3.63, 3.8) is 0 Å². The van der Waals surface area contributed by atoms with Crippen LogP contribution in [0, 0.1) is 6.92 Å². The second-order valence-corrected chi connectivity index (χ2v) is 5.52. The SMILES string of the molecule is CC[C@H](Oc1ccccc1C)C(=O)NC(C)(C)C. The fraction of sp³-hybridized carbons (Fsp3) is 0.533. The van der Waals surface area contributed by atoms with Crippen LogP contribution in [0.1, 0.15) is 39.7 Å². The van der Waals surface area contributed by atoms with Crippen molar-refractivity contribution in [2.75, 3.05) is 0 Å². The van der Waals surface area contributed by atoms with Crippen molar-refractivity contribution in [2.45, 2.75) is 52.7 Å². The van der Waals surface area contributed by atoms with Gasteiger partial charge in [0.25, 0.3) is 5.91 Å². The Kier molecular flexibility index (Phi) is 4.76. The number of aryl methyl sites for hydroxylation is 1. The Hall–Kier alpha value is -1.51. The Balaban J connectivity index is 2.74. The number of amides is 1. The lowest BCUT2D eigenvalue weighted by Crippen LogP contribution is -2.47. The molecule has 0 aliphatic carbocycles. The van der Waals surface area contributed by atoms with Crippen LogP contribution < -0.4 is 10.1 Å². The largest absolute Gasteiger partial charge is 0.480 e. The molecule has 1 aromatic rings. The summed E-state index contributed by atoms with van der Waals surface area (Å²) in [4.78, 5) is 12.1. The van der Waals surface area contributed by atoms with E-state index in [1.165, 1.54) is 0 Å². The van der Waals surface area contributed by atoms with E-state index in [9.17, 15) is 4.79 Å². The molecule has 0 saturated heterocycles. The monoisotopic (exact) mass is 249 g/mol. The van der Waals surface area contributed by atoms with Crippen LogP contribution in [0.15, 0.2) is 24.3 Å². The third kappa shape index (κ3) is 4.40. The molecular formula is C15H23NO2. The molecule has 1 amide bonds. The Morgan fingerprint density at radius 2 is 1.94 bits per heavy atom. The van der Waals surface area contributed by atoms with Crippen molar-refractivity contribution in [3.8, 4) is 5.75 Å². The minimum absolute atomic E-state index is 0.0618. The summed E-state index contributed by atoms with van der Waals surface area (Å²) in [5.74, 6) is 0.710. The van der Waals surface area contributed by atoms with E-state index in [0.29, 0.717) is 6.42 Å². The topological polar surface area (TPSA) is 38.3 Å². The molecule has 0 fully saturated rings. The van der Waals surface area contributed by atoms with Crippen LogP contribution >= 0.6 is 0 Å². The molecule has 1 rings (SSSR count). The molecule has 1 aromatic carbocycles. The predicted octanol–water partition coefficient (Wildman–Crippen LogP) is 3.07. The second-order valence-electron chi connectivity index (χ2n) is 5.52. The number of ether oxygens (including phenoxy) is 1. The maximum absolute atomic E-state index is 12.1. The molecule has 0 aromatic heterocycles. The minimum Gasteiger partial charge on any atom is -0.480 e. The zero-order valence-corrected chi connectivity index (χ0v) is 11.9. The number of carbonyl (C=O) groups excluding carboxylic acids is 1. The van der Waals surface area contributed by atoms with Crippen molar-refractivity contribution in [2.24, 2.45) is 0 Å². The van der Waals surface area contributed by atoms with Crippen LogP contribution in [0.3, 0.4) is 0 Å². The lowest BCUT2D eigenvalue weighted by Gasteiger charge is -2.25. The lowest BCUT2D eigenvalue weighted by atomic mass is 10.1. The van der Waals surface area contributed by atoms with Crippen molar-refractivity contribution in [1.82, 2.24) is 5.32 Å². The molecular weight excluding hydrogens is 226 g/mol. The summed E-state index contributed by atoms with van der Waals surface area (Å²) in [6.07, 6.45) is 0.210. The van der Waals surface area contributed by atoms with Gasteiger partial charge in [0.2, 0.25) is 0 Å². The molecule has 0 spiro atoms. The third-order valence-corrected chi connectivity index (χ3v) is 2.52. The number of carbonyl (C=O) groups is 1. The molecule has 0 saturated carbocycles. The average Bonchev–Trinajstić information content (AvgIpc) is 2.25. The first-order valence-electron chi connectivity index (χ1n) is 6.38. The first kappa shape index (κ1) is 14.6. The highest BCUT2D eigenvalue weighted by atomic mass is 16.5. The summed E-state index contributed by atoms with van der Waals surface area (Å²) in [7, 11) is 0. The summed E-state index contributed by atoms with van der Waals surface area (Å²) < 4.78 is 5.79. The van der Waals surface area contributed by atoms with Gasteiger partial charge in [-0.05, 0) is 45.7 Å². The van der Waals surface area contributed by atoms with Crippen LogP contribution in [0.4, 0.5) is 0 Å². The highest BCUT2D eigenvalue weighted by Crippen LogP contribution is 2.19. The first-order valence-corrected chi connectivity index (χ1v) is 6.38. The molecule has 1 N–H and O–H groups in total. The zero-order valence-electron chi connectivity index (χ0n) is 11.9. The normalized spacial score (nSPS) is 12.9. The van der Waals surface area contributed by atoms with Gasteiger partial charge in [0.05, 0.1) is 0 Å². The van der Waals surface area contributed by atoms with Crippen molar-refractivity contribution in [3.05, 3.63) is 29.8 Å². The summed E-state index contributed by atoms with van der Waals surface area (Å²) in [5, 5.41) is 2.95. The summed E-state index contributed by atoms with van der Waals surface area (Å²) in [6, 6.07) is 7.74. The van der Waals surface area contributed by atoms with Gasteiger partial charge in [-0.15, -0.1) is 0 Å². The van der Waals surface area contributed by atoms with Crippen LogP contribution in [-0.2, 0) is 4.79 Å². The average molecular weight is 249 g/mol. The van der Waals surface area contributed by atoms with E-state index in [1.54, 1.807) is 0 Å². The van der Waals surface area contributed by atoms with Gasteiger partial charge in [0, 0.05) is 5.54 Å². The van der Waals surface area contributed by atoms with E-state index in [1.807, 2.05) is 58.9 Å². The molecule has 3 nitrogen and oxygen atoms in total. The third-order valence-electron chi connectivity index (χ3n) is 2.52. The first-order chi connectivity index (χ1) is 8.33. The summed E-state index contributed by atoms with van der Waals surface area (Å²) in [6.45, 7) is 9.82. The standard InChI is InChI=1S/C15H23NO2/c1-6-12(14(17)16-15(3,4)5)18-13-10-8-7-9-11(13)2/h7-10,12H,6H2,1-5H3,(H,16,17)/t12-/m0/s1. The van der Waals surface area contributed by atoms with E-state index in [-0.39, 0.29) is 11.4 Å². The van der Waals surface area contributed by atoms with Gasteiger partial charge in [0.15, 0.2) is 6.10 Å². The molecule has 0 radical (unpaired) electrons. The van der Waals surface area contributed by atoms with Crippen LogP contribution in [0.5, 0.6) is 5.75 Å². The highest BCUT2D eigenvalue weighted by Gasteiger charge is 2.23. The fourth-order valence-electron chi connectivity index (χ4n) is 1.61. The van der Waals surface area contributed by atoms with Crippen molar-refractivity contribution < 1.29 is 9.53 Å². The van der Waals surface area contributed by atoms with Gasteiger partial charge in [-0.2, -0.15) is 0 Å². The molecule has 0 bridgehead atoms. The summed E-state index contributed by atoms with van der Waals surface area (Å²) >= 11 is 0. The van der Waals surface area contributed by atoms with E-state index in [4.69, 9.17) is 4.74 Å². The van der Waals surface area contributed by atoms with Crippen LogP contribution in [0.2, 0.25) is 0 Å². The molecule has 0 heterocycles. The molecule has 100 valence electrons. The number of nitrogens with one attached hydrogen (secondary N) is 1. The molecule has 18 heavy (non-hydrogen) atoms. The number of rotatable bonds is 4. The van der Waals surface area contributed by atoms with Crippen LogP contribution in [-0.4, -0.2) is 17.6 Å². The lowest BCUT2D eigenvalue weighted by molar-refractivity contribution is -0.129. The Bertz CT molecular complexity index is 407. The number of hydrogen-bond acceptors (Lipinski definition) is 2. The van der Waals surface area contributed by atoms with Crippen molar-refractivity contribution in [1.29, 1.82) is 0 Å². The Morgan fingerprint density at radius 3 is 2.44 bits per heavy atom. The predicted molar refractivity (Wildman–Crippen MR) is 73.8 cm³/mol. The Labute approximate surface area is 110 Å². The van der Waals surface area contributed by atoms with Gasteiger partial charge < -0.3 is 10.1 Å². The van der Waals surface area contributed by atoms with Gasteiger partial charge in [-0.1, -0.05) is 25.1 Å². The quantitative estimate of drug-likeness (QED) is 0.890. The smallest absolute Gasteiger partial charge is 0.261 e. The maximum Gasteiger partial charge on any atom is 0.261 e. The molecule has 0 aliphatic rings. The molecule has 1 atom stereocenters. The minimum atomic E-state index is -0.440. The number of hydrogen-bond donors (Lipinski definition) is 1. The maximum atomic E-state index is 12.1. The molecule has 0 aliphatic heterocycles. The number of para-hydroxylation sites is 1. The Morgan fingerprint density at radius 1 is 1.33 bits per heavy atom. The van der Waals surface area contributed by atoms with Gasteiger partial charge in [0.1, 0.15) is 5.75 Å². The van der Waals surface area contributed by atoms with Crippen LogP contribution in [0.25, 0.3) is 0 Å².